The average Bonchev–Trinajstić information content (AvgIpc) is 2.77. The van der Waals surface area contributed by atoms with Crippen molar-refractivity contribution in [3.05, 3.63) is 28.5 Å². The molecule has 0 aromatic carbocycles. The highest BCUT2D eigenvalue weighted by Crippen LogP contribution is 2.24. The molecule has 0 saturated carbocycles. The number of aromatic nitrogens is 1. The van der Waals surface area contributed by atoms with Gasteiger partial charge in [-0.05, 0) is 53.4 Å². The minimum absolute atomic E-state index is 0.195. The maximum absolute atomic E-state index is 11.7. The van der Waals surface area contributed by atoms with Gasteiger partial charge in [-0.1, -0.05) is 6.92 Å². The summed E-state index contributed by atoms with van der Waals surface area (Å²) in [5.41, 5.74) is 1.01. The molecular formula is C14H21BrN2O2S. The van der Waals surface area contributed by atoms with Gasteiger partial charge in [-0.15, -0.1) is 0 Å². The van der Waals surface area contributed by atoms with Gasteiger partial charge in [0.05, 0.1) is 11.5 Å². The Kier molecular flexibility index (Phi) is 5.57. The summed E-state index contributed by atoms with van der Waals surface area (Å²) in [6.07, 6.45) is 4.38. The lowest BCUT2D eigenvalue weighted by Crippen LogP contribution is -2.39. The average molecular weight is 361 g/mol. The van der Waals surface area contributed by atoms with Crippen LogP contribution in [0, 0.1) is 5.92 Å². The first kappa shape index (κ1) is 15.9. The van der Waals surface area contributed by atoms with E-state index in [-0.39, 0.29) is 12.0 Å². The van der Waals surface area contributed by atoms with E-state index < -0.39 is 9.84 Å². The van der Waals surface area contributed by atoms with Crippen LogP contribution < -0.4 is 5.32 Å². The van der Waals surface area contributed by atoms with Crippen LogP contribution in [0.25, 0.3) is 0 Å². The quantitative estimate of drug-likeness (QED) is 0.844. The molecule has 0 bridgehead atoms. The number of pyridine rings is 1. The van der Waals surface area contributed by atoms with E-state index >= 15 is 0 Å². The number of hydrogen-bond acceptors (Lipinski definition) is 4. The number of nitrogens with one attached hydrogen (secondary N) is 1. The molecule has 2 rings (SSSR count). The summed E-state index contributed by atoms with van der Waals surface area (Å²) in [5, 5.41) is 3.50. The maximum Gasteiger partial charge on any atom is 0.150 e. The summed E-state index contributed by atoms with van der Waals surface area (Å²) in [6.45, 7) is 3.03. The van der Waals surface area contributed by atoms with Crippen molar-refractivity contribution < 1.29 is 8.42 Å². The topological polar surface area (TPSA) is 59.1 Å². The van der Waals surface area contributed by atoms with Crippen molar-refractivity contribution in [3.63, 3.8) is 0 Å². The minimum Gasteiger partial charge on any atom is -0.313 e. The van der Waals surface area contributed by atoms with Crippen LogP contribution >= 0.6 is 15.9 Å². The SMILES string of the molecule is CCCNC(Cc1ccc(Br)cn1)C1CCS(=O)(=O)C1. The van der Waals surface area contributed by atoms with Crippen molar-refractivity contribution in [2.45, 2.75) is 32.2 Å². The molecule has 1 N–H and O–H groups in total. The fourth-order valence-corrected chi connectivity index (χ4v) is 4.74. The second kappa shape index (κ2) is 7.00. The first-order chi connectivity index (χ1) is 9.50. The number of halogens is 1. The first-order valence-corrected chi connectivity index (χ1v) is 9.66. The molecule has 1 aliphatic rings. The molecule has 112 valence electrons. The molecule has 1 aliphatic heterocycles. The third kappa shape index (κ3) is 4.53. The van der Waals surface area contributed by atoms with Gasteiger partial charge in [0, 0.05) is 28.8 Å². The van der Waals surface area contributed by atoms with Crippen molar-refractivity contribution in [1.82, 2.24) is 10.3 Å². The molecule has 20 heavy (non-hydrogen) atoms. The zero-order valence-corrected chi connectivity index (χ0v) is 14.1. The van der Waals surface area contributed by atoms with Gasteiger partial charge in [0.15, 0.2) is 9.84 Å². The van der Waals surface area contributed by atoms with Crippen LogP contribution in [-0.2, 0) is 16.3 Å². The van der Waals surface area contributed by atoms with Crippen molar-refractivity contribution in [2.75, 3.05) is 18.1 Å². The van der Waals surface area contributed by atoms with E-state index in [9.17, 15) is 8.42 Å². The lowest BCUT2D eigenvalue weighted by molar-refractivity contribution is 0.377. The van der Waals surface area contributed by atoms with Gasteiger partial charge in [-0.2, -0.15) is 0 Å². The van der Waals surface area contributed by atoms with Gasteiger partial charge in [0.25, 0.3) is 0 Å². The summed E-state index contributed by atoms with van der Waals surface area (Å²) in [5.74, 6) is 0.845. The molecule has 0 radical (unpaired) electrons. The maximum atomic E-state index is 11.7. The van der Waals surface area contributed by atoms with Crippen LogP contribution in [0.15, 0.2) is 22.8 Å². The van der Waals surface area contributed by atoms with E-state index in [0.717, 1.165) is 36.0 Å². The number of nitrogens with zero attached hydrogens (tertiary/aromatic N) is 1. The molecule has 4 nitrogen and oxygen atoms in total. The first-order valence-electron chi connectivity index (χ1n) is 7.04. The van der Waals surface area contributed by atoms with Crippen molar-refractivity contribution in [3.8, 4) is 0 Å². The molecule has 6 heteroatoms. The molecule has 2 heterocycles. The summed E-state index contributed by atoms with van der Waals surface area (Å²) < 4.78 is 24.3. The van der Waals surface area contributed by atoms with Crippen molar-refractivity contribution in [2.24, 2.45) is 5.92 Å². The van der Waals surface area contributed by atoms with E-state index in [1.807, 2.05) is 12.1 Å². The molecule has 1 saturated heterocycles. The Morgan fingerprint density at radius 1 is 1.50 bits per heavy atom. The largest absolute Gasteiger partial charge is 0.313 e. The number of hydrogen-bond donors (Lipinski definition) is 1. The third-order valence-corrected chi connectivity index (χ3v) is 5.97. The number of rotatable bonds is 6. The van der Waals surface area contributed by atoms with Gasteiger partial charge in [-0.25, -0.2) is 8.42 Å². The monoisotopic (exact) mass is 360 g/mol. The van der Waals surface area contributed by atoms with Gasteiger partial charge in [0.1, 0.15) is 0 Å². The third-order valence-electron chi connectivity index (χ3n) is 3.71. The molecule has 0 spiro atoms. The second-order valence-electron chi connectivity index (χ2n) is 5.40. The highest BCUT2D eigenvalue weighted by Gasteiger charge is 2.33. The summed E-state index contributed by atoms with van der Waals surface area (Å²) in [7, 11) is -2.83. The Balaban J connectivity index is 2.05. The molecule has 1 aromatic heterocycles. The molecule has 2 atom stereocenters. The van der Waals surface area contributed by atoms with E-state index in [2.05, 4.69) is 33.2 Å². The Bertz CT molecular complexity index is 531. The van der Waals surface area contributed by atoms with Crippen LogP contribution in [0.3, 0.4) is 0 Å². The van der Waals surface area contributed by atoms with E-state index in [1.165, 1.54) is 0 Å². The zero-order valence-electron chi connectivity index (χ0n) is 11.7. The summed E-state index contributed by atoms with van der Waals surface area (Å²) >= 11 is 3.38. The predicted molar refractivity (Wildman–Crippen MR) is 84.5 cm³/mol. The molecule has 0 aliphatic carbocycles. The van der Waals surface area contributed by atoms with Crippen LogP contribution in [0.4, 0.5) is 0 Å². The van der Waals surface area contributed by atoms with Crippen molar-refractivity contribution >= 4 is 25.8 Å². The Labute approximate surface area is 129 Å². The highest BCUT2D eigenvalue weighted by atomic mass is 79.9. The van der Waals surface area contributed by atoms with E-state index in [1.54, 1.807) is 6.20 Å². The summed E-state index contributed by atoms with van der Waals surface area (Å²) in [4.78, 5) is 4.40. The Morgan fingerprint density at radius 3 is 2.85 bits per heavy atom. The fourth-order valence-electron chi connectivity index (χ4n) is 2.63. The Morgan fingerprint density at radius 2 is 2.30 bits per heavy atom. The van der Waals surface area contributed by atoms with Crippen molar-refractivity contribution in [1.29, 1.82) is 0 Å². The van der Waals surface area contributed by atoms with Gasteiger partial charge >= 0.3 is 0 Å². The van der Waals surface area contributed by atoms with Crippen LogP contribution in [-0.4, -0.2) is 37.5 Å². The predicted octanol–water partition coefficient (Wildman–Crippen LogP) is 2.19. The molecule has 2 unspecified atom stereocenters. The number of sulfone groups is 1. The standard InChI is InChI=1S/C14H21BrN2O2S/c1-2-6-16-14(11-5-7-20(18,19)10-11)8-13-4-3-12(15)9-17-13/h3-4,9,11,14,16H,2,5-8,10H2,1H3. The van der Waals surface area contributed by atoms with E-state index in [4.69, 9.17) is 0 Å². The van der Waals surface area contributed by atoms with Gasteiger partial charge in [0.2, 0.25) is 0 Å². The van der Waals surface area contributed by atoms with E-state index in [0.29, 0.717) is 11.5 Å². The molecular weight excluding hydrogens is 340 g/mol. The second-order valence-corrected chi connectivity index (χ2v) is 8.54. The smallest absolute Gasteiger partial charge is 0.150 e. The summed E-state index contributed by atoms with van der Waals surface area (Å²) in [6, 6.07) is 4.17. The van der Waals surface area contributed by atoms with Crippen LogP contribution in [0.5, 0.6) is 0 Å². The minimum atomic E-state index is -2.83. The normalized spacial score (nSPS) is 22.8. The van der Waals surface area contributed by atoms with Gasteiger partial charge in [-0.3, -0.25) is 4.98 Å². The molecule has 1 fully saturated rings. The zero-order chi connectivity index (χ0) is 14.6. The lowest BCUT2D eigenvalue weighted by atomic mass is 9.94. The lowest BCUT2D eigenvalue weighted by Gasteiger charge is -2.23. The molecule has 0 amide bonds. The van der Waals surface area contributed by atoms with Gasteiger partial charge < -0.3 is 5.32 Å². The van der Waals surface area contributed by atoms with Crippen LogP contribution in [0.1, 0.15) is 25.5 Å². The Hall–Kier alpha value is -0.460. The fraction of sp³-hybridized carbons (Fsp3) is 0.643. The van der Waals surface area contributed by atoms with Crippen LogP contribution in [0.2, 0.25) is 0 Å². The highest BCUT2D eigenvalue weighted by molar-refractivity contribution is 9.10. The molecule has 1 aromatic rings.